The summed E-state index contributed by atoms with van der Waals surface area (Å²) in [5.74, 6) is -1.10. The molecule has 5 heteroatoms. The van der Waals surface area contributed by atoms with E-state index in [4.69, 9.17) is 14.2 Å². The molecule has 0 heterocycles. The van der Waals surface area contributed by atoms with E-state index in [2.05, 4.69) is 0 Å². The summed E-state index contributed by atoms with van der Waals surface area (Å²) in [5.41, 5.74) is 3.14. The van der Waals surface area contributed by atoms with Gasteiger partial charge in [-0.05, 0) is 25.5 Å². The third-order valence-electron chi connectivity index (χ3n) is 4.74. The van der Waals surface area contributed by atoms with Crippen LogP contribution in [0.25, 0.3) is 0 Å². The molecule has 2 atom stereocenters. The van der Waals surface area contributed by atoms with E-state index >= 15 is 0 Å². The molecule has 136 valence electrons. The summed E-state index contributed by atoms with van der Waals surface area (Å²) < 4.78 is 16.0. The van der Waals surface area contributed by atoms with Crippen LogP contribution in [-0.4, -0.2) is 32.6 Å². The summed E-state index contributed by atoms with van der Waals surface area (Å²) in [6.07, 6.45) is 0. The number of carbonyl (C=O) groups is 2. The van der Waals surface area contributed by atoms with Gasteiger partial charge >= 0.3 is 5.97 Å². The minimum atomic E-state index is -0.923. The number of methoxy groups -OCH3 is 2. The third kappa shape index (κ3) is 2.94. The summed E-state index contributed by atoms with van der Waals surface area (Å²) in [7, 11) is 3.07. The smallest absolute Gasteiger partial charge is 0.317 e. The van der Waals surface area contributed by atoms with Crippen LogP contribution >= 0.6 is 0 Å². The highest BCUT2D eigenvalue weighted by Gasteiger charge is 2.48. The minimum Gasteiger partial charge on any atom is -0.497 e. The van der Waals surface area contributed by atoms with Gasteiger partial charge in [-0.15, -0.1) is 0 Å². The first-order valence-electron chi connectivity index (χ1n) is 8.55. The number of fused-ring (bicyclic) bond motifs is 1. The van der Waals surface area contributed by atoms with Gasteiger partial charge in [0.1, 0.15) is 17.4 Å². The molecule has 26 heavy (non-hydrogen) atoms. The topological polar surface area (TPSA) is 61.8 Å². The molecule has 5 nitrogen and oxygen atoms in total. The van der Waals surface area contributed by atoms with Crippen LogP contribution in [0.15, 0.2) is 36.4 Å². The van der Waals surface area contributed by atoms with E-state index in [9.17, 15) is 9.59 Å². The van der Waals surface area contributed by atoms with Gasteiger partial charge < -0.3 is 14.2 Å². The average molecular weight is 354 g/mol. The predicted octanol–water partition coefficient (Wildman–Crippen LogP) is 3.52. The zero-order chi connectivity index (χ0) is 18.8. The standard InChI is InChI=1S/C21H22O5/c1-5-26-21(23)19-17(13-8-6-12(2)7-9-13)18-15(20(19)22)10-14(24-3)11-16(18)25-4/h6-11,17,19H,5H2,1-4H3/t17-,19+/m1/s1. The van der Waals surface area contributed by atoms with Gasteiger partial charge in [-0.3, -0.25) is 9.59 Å². The summed E-state index contributed by atoms with van der Waals surface area (Å²) in [5, 5.41) is 0. The van der Waals surface area contributed by atoms with Gasteiger partial charge in [0, 0.05) is 23.1 Å². The molecule has 0 aromatic heterocycles. The van der Waals surface area contributed by atoms with Crippen LogP contribution in [0.1, 0.15) is 39.9 Å². The van der Waals surface area contributed by atoms with Crippen molar-refractivity contribution in [3.05, 3.63) is 58.7 Å². The highest BCUT2D eigenvalue weighted by Crippen LogP contribution is 2.48. The highest BCUT2D eigenvalue weighted by atomic mass is 16.5. The lowest BCUT2D eigenvalue weighted by Gasteiger charge is -2.20. The molecule has 0 aliphatic heterocycles. The van der Waals surface area contributed by atoms with E-state index in [-0.39, 0.29) is 12.4 Å². The van der Waals surface area contributed by atoms with Crippen LogP contribution in [0.3, 0.4) is 0 Å². The van der Waals surface area contributed by atoms with Crippen molar-refractivity contribution in [2.45, 2.75) is 19.8 Å². The van der Waals surface area contributed by atoms with Gasteiger partial charge in [0.25, 0.3) is 0 Å². The zero-order valence-corrected chi connectivity index (χ0v) is 15.4. The van der Waals surface area contributed by atoms with Crippen LogP contribution < -0.4 is 9.47 Å². The number of aryl methyl sites for hydroxylation is 1. The molecular weight excluding hydrogens is 332 g/mol. The average Bonchev–Trinajstić information content (AvgIpc) is 2.94. The number of benzene rings is 2. The quantitative estimate of drug-likeness (QED) is 0.607. The molecule has 2 aromatic rings. The van der Waals surface area contributed by atoms with Crippen molar-refractivity contribution in [2.24, 2.45) is 5.92 Å². The number of carbonyl (C=O) groups excluding carboxylic acids is 2. The maximum Gasteiger partial charge on any atom is 0.317 e. The first-order valence-corrected chi connectivity index (χ1v) is 8.55. The number of esters is 1. The molecule has 1 aliphatic rings. The molecule has 0 N–H and O–H groups in total. The van der Waals surface area contributed by atoms with Crippen molar-refractivity contribution in [1.29, 1.82) is 0 Å². The summed E-state index contributed by atoms with van der Waals surface area (Å²) >= 11 is 0. The van der Waals surface area contributed by atoms with E-state index in [1.807, 2.05) is 31.2 Å². The molecule has 1 aliphatic carbocycles. The van der Waals surface area contributed by atoms with Crippen LogP contribution in [0, 0.1) is 12.8 Å². The van der Waals surface area contributed by atoms with Crippen molar-refractivity contribution in [3.8, 4) is 11.5 Å². The van der Waals surface area contributed by atoms with Gasteiger partial charge in [0.05, 0.1) is 20.8 Å². The van der Waals surface area contributed by atoms with Crippen LogP contribution in [0.5, 0.6) is 11.5 Å². The number of ether oxygens (including phenoxy) is 3. The van der Waals surface area contributed by atoms with Gasteiger partial charge in [-0.25, -0.2) is 0 Å². The fourth-order valence-corrected chi connectivity index (χ4v) is 3.51. The minimum absolute atomic E-state index is 0.222. The van der Waals surface area contributed by atoms with E-state index in [0.29, 0.717) is 22.6 Å². The molecule has 0 saturated heterocycles. The number of rotatable bonds is 5. The Morgan fingerprint density at radius 2 is 1.77 bits per heavy atom. The molecule has 3 rings (SSSR count). The zero-order valence-electron chi connectivity index (χ0n) is 15.4. The Bertz CT molecular complexity index is 838. The SMILES string of the molecule is CCOC(=O)[C@@H]1C(=O)c2cc(OC)cc(OC)c2[C@H]1c1ccc(C)cc1. The molecule has 0 radical (unpaired) electrons. The lowest BCUT2D eigenvalue weighted by Crippen LogP contribution is -2.27. The highest BCUT2D eigenvalue weighted by molar-refractivity contribution is 6.14. The van der Waals surface area contributed by atoms with E-state index in [0.717, 1.165) is 11.1 Å². The van der Waals surface area contributed by atoms with E-state index in [1.165, 1.54) is 7.11 Å². The molecule has 0 saturated carbocycles. The molecule has 0 spiro atoms. The first-order chi connectivity index (χ1) is 12.5. The fourth-order valence-electron chi connectivity index (χ4n) is 3.51. The van der Waals surface area contributed by atoms with Crippen molar-refractivity contribution >= 4 is 11.8 Å². The second kappa shape index (κ2) is 7.20. The Kier molecular flexibility index (Phi) is 4.98. The molecule has 0 fully saturated rings. The lowest BCUT2D eigenvalue weighted by atomic mass is 9.85. The number of Topliss-reactive ketones (excluding diaryl/α,β-unsaturated/α-hetero) is 1. The maximum atomic E-state index is 13.1. The number of ketones is 1. The Morgan fingerprint density at radius 3 is 2.35 bits per heavy atom. The van der Waals surface area contributed by atoms with Crippen LogP contribution in [-0.2, 0) is 9.53 Å². The first kappa shape index (κ1) is 18.0. The summed E-state index contributed by atoms with van der Waals surface area (Å²) in [6, 6.07) is 11.2. The Morgan fingerprint density at radius 1 is 1.08 bits per heavy atom. The van der Waals surface area contributed by atoms with Crippen molar-refractivity contribution < 1.29 is 23.8 Å². The van der Waals surface area contributed by atoms with Gasteiger partial charge in [0.2, 0.25) is 0 Å². The van der Waals surface area contributed by atoms with Crippen molar-refractivity contribution in [3.63, 3.8) is 0 Å². The second-order valence-corrected chi connectivity index (χ2v) is 6.27. The Hall–Kier alpha value is -2.82. The predicted molar refractivity (Wildman–Crippen MR) is 97.0 cm³/mol. The monoisotopic (exact) mass is 354 g/mol. The van der Waals surface area contributed by atoms with Gasteiger partial charge in [-0.1, -0.05) is 29.8 Å². The molecule has 0 amide bonds. The largest absolute Gasteiger partial charge is 0.497 e. The third-order valence-corrected chi connectivity index (χ3v) is 4.74. The normalized spacial score (nSPS) is 18.4. The Labute approximate surface area is 152 Å². The number of hydrogen-bond acceptors (Lipinski definition) is 5. The van der Waals surface area contributed by atoms with Crippen LogP contribution in [0.2, 0.25) is 0 Å². The number of hydrogen-bond donors (Lipinski definition) is 0. The van der Waals surface area contributed by atoms with Crippen molar-refractivity contribution in [1.82, 2.24) is 0 Å². The molecule has 0 bridgehead atoms. The van der Waals surface area contributed by atoms with E-state index in [1.54, 1.807) is 26.2 Å². The van der Waals surface area contributed by atoms with Gasteiger partial charge in [0.15, 0.2) is 5.78 Å². The summed E-state index contributed by atoms with van der Waals surface area (Å²) in [4.78, 5) is 25.7. The maximum absolute atomic E-state index is 13.1. The lowest BCUT2D eigenvalue weighted by molar-refractivity contribution is -0.146. The second-order valence-electron chi connectivity index (χ2n) is 6.27. The Balaban J connectivity index is 2.22. The van der Waals surface area contributed by atoms with Crippen LogP contribution in [0.4, 0.5) is 0 Å². The fraction of sp³-hybridized carbons (Fsp3) is 0.333. The molecular formula is C21H22O5. The van der Waals surface area contributed by atoms with Gasteiger partial charge in [-0.2, -0.15) is 0 Å². The molecule has 2 aromatic carbocycles. The summed E-state index contributed by atoms with van der Waals surface area (Å²) in [6.45, 7) is 3.95. The van der Waals surface area contributed by atoms with E-state index < -0.39 is 17.8 Å². The molecule has 0 unspecified atom stereocenters. The van der Waals surface area contributed by atoms with Crippen molar-refractivity contribution in [2.75, 3.05) is 20.8 Å².